The number of carbonyl (C=O) groups excluding carboxylic acids is 2. The molecule has 12 nitrogen and oxygen atoms in total. The van der Waals surface area contributed by atoms with Crippen molar-refractivity contribution < 1.29 is 28.9 Å². The monoisotopic (exact) mass is 578 g/mol. The van der Waals surface area contributed by atoms with Crippen LogP contribution < -0.4 is 0 Å². The second-order valence-electron chi connectivity index (χ2n) is 8.19. The van der Waals surface area contributed by atoms with Gasteiger partial charge < -0.3 is 9.47 Å². The van der Waals surface area contributed by atoms with Crippen LogP contribution in [0.4, 0.5) is 11.4 Å². The molecule has 3 aromatic rings. The van der Waals surface area contributed by atoms with Gasteiger partial charge in [0.25, 0.3) is 11.4 Å². The second kappa shape index (κ2) is 10.5. The molecule has 0 atom stereocenters. The molecule has 14 heteroatoms. The van der Waals surface area contributed by atoms with Crippen LogP contribution in [-0.4, -0.2) is 33.6 Å². The summed E-state index contributed by atoms with van der Waals surface area (Å²) >= 11 is 11.7. The highest BCUT2D eigenvalue weighted by atomic mass is 35.5. The van der Waals surface area contributed by atoms with Gasteiger partial charge in [-0.25, -0.2) is 19.6 Å². The first-order valence-electron chi connectivity index (χ1n) is 11.1. The van der Waals surface area contributed by atoms with Gasteiger partial charge in [-0.15, -0.1) is 0 Å². The molecule has 0 spiro atoms. The average Bonchev–Trinajstić information content (AvgIpc) is 3.47. The van der Waals surface area contributed by atoms with Crippen molar-refractivity contribution in [2.24, 2.45) is 9.98 Å². The fourth-order valence-electron chi connectivity index (χ4n) is 3.64. The summed E-state index contributed by atoms with van der Waals surface area (Å²) in [6.45, 7) is 0. The van der Waals surface area contributed by atoms with Crippen molar-refractivity contribution in [3.05, 3.63) is 125 Å². The summed E-state index contributed by atoms with van der Waals surface area (Å²) in [6, 6.07) is 14.5. The third kappa shape index (κ3) is 5.34. The highest BCUT2D eigenvalue weighted by molar-refractivity contribution is 6.33. The fourth-order valence-corrected chi connectivity index (χ4v) is 4.01. The minimum atomic E-state index is -0.739. The maximum Gasteiger partial charge on any atom is 0.363 e. The van der Waals surface area contributed by atoms with E-state index in [9.17, 15) is 29.8 Å². The Labute approximate surface area is 233 Å². The number of carbonyl (C=O) groups is 2. The number of rotatable bonds is 6. The van der Waals surface area contributed by atoms with E-state index >= 15 is 0 Å². The molecule has 0 unspecified atom stereocenters. The molecule has 0 aliphatic carbocycles. The van der Waals surface area contributed by atoms with Gasteiger partial charge >= 0.3 is 11.9 Å². The van der Waals surface area contributed by atoms with E-state index in [4.69, 9.17) is 32.7 Å². The SMILES string of the molecule is O=C1OC(c2ccc(Cl)c([N+](=O)[O-])c2)=NC1=Cc1ccc(C=C2N=C(c3ccc(Cl)c([N+](=O)[O-])c3)OC2=O)cc1. The van der Waals surface area contributed by atoms with E-state index in [1.54, 1.807) is 24.3 Å². The predicted octanol–water partition coefficient (Wildman–Crippen LogP) is 5.50. The highest BCUT2D eigenvalue weighted by Crippen LogP contribution is 2.29. The molecule has 3 aromatic carbocycles. The van der Waals surface area contributed by atoms with Crippen LogP contribution in [0.25, 0.3) is 12.2 Å². The minimum Gasteiger partial charge on any atom is -0.402 e. The summed E-state index contributed by atoms with van der Waals surface area (Å²) in [6.07, 6.45) is 2.92. The van der Waals surface area contributed by atoms with Gasteiger partial charge in [0, 0.05) is 23.3 Å². The number of aliphatic imine (C=N–C) groups is 2. The van der Waals surface area contributed by atoms with Crippen molar-refractivity contribution in [3.63, 3.8) is 0 Å². The van der Waals surface area contributed by atoms with Crippen LogP contribution >= 0.6 is 23.2 Å². The molecule has 0 aromatic heterocycles. The first-order valence-corrected chi connectivity index (χ1v) is 11.9. The van der Waals surface area contributed by atoms with Gasteiger partial charge in [-0.05, 0) is 47.5 Å². The van der Waals surface area contributed by atoms with Crippen LogP contribution in [0.3, 0.4) is 0 Å². The van der Waals surface area contributed by atoms with Gasteiger partial charge in [-0.1, -0.05) is 47.5 Å². The molecule has 0 radical (unpaired) electrons. The number of halogens is 2. The van der Waals surface area contributed by atoms with Crippen molar-refractivity contribution in [1.29, 1.82) is 0 Å². The molecule has 2 aliphatic heterocycles. The molecule has 2 heterocycles. The Balaban J connectivity index is 1.36. The Bertz CT molecular complexity index is 1630. The number of cyclic esters (lactones) is 2. The Morgan fingerprint density at radius 1 is 0.650 bits per heavy atom. The lowest BCUT2D eigenvalue weighted by Gasteiger charge is -2.00. The molecule has 0 bridgehead atoms. The summed E-state index contributed by atoms with van der Waals surface area (Å²) in [4.78, 5) is 53.9. The maximum atomic E-state index is 12.3. The topological polar surface area (TPSA) is 164 Å². The first kappa shape index (κ1) is 26.4. The summed E-state index contributed by atoms with van der Waals surface area (Å²) in [5.74, 6) is -1.68. The Hall–Kier alpha value is -5.20. The van der Waals surface area contributed by atoms with Crippen molar-refractivity contribution in [1.82, 2.24) is 0 Å². The van der Waals surface area contributed by atoms with Crippen LogP contribution in [-0.2, 0) is 19.1 Å². The second-order valence-corrected chi connectivity index (χ2v) is 9.00. The molecule has 0 amide bonds. The quantitative estimate of drug-likeness (QED) is 0.160. The van der Waals surface area contributed by atoms with Crippen molar-refractivity contribution in [2.45, 2.75) is 0 Å². The molecule has 198 valence electrons. The Morgan fingerprint density at radius 3 is 1.38 bits per heavy atom. The van der Waals surface area contributed by atoms with Gasteiger partial charge in [0.2, 0.25) is 11.8 Å². The van der Waals surface area contributed by atoms with Crippen molar-refractivity contribution >= 4 is 70.5 Å². The lowest BCUT2D eigenvalue weighted by molar-refractivity contribution is -0.384. The lowest BCUT2D eigenvalue weighted by atomic mass is 10.1. The maximum absolute atomic E-state index is 12.3. The van der Waals surface area contributed by atoms with Crippen molar-refractivity contribution in [3.8, 4) is 0 Å². The molecule has 2 aliphatic rings. The molecule has 5 rings (SSSR count). The first-order chi connectivity index (χ1) is 19.1. The van der Waals surface area contributed by atoms with Gasteiger partial charge in [0.15, 0.2) is 11.4 Å². The van der Waals surface area contributed by atoms with E-state index in [-0.39, 0.29) is 55.7 Å². The van der Waals surface area contributed by atoms with E-state index in [1.165, 1.54) is 36.4 Å². The molecule has 0 N–H and O–H groups in total. The highest BCUT2D eigenvalue weighted by Gasteiger charge is 2.27. The zero-order valence-corrected chi connectivity index (χ0v) is 21.3. The largest absolute Gasteiger partial charge is 0.402 e. The number of hydrogen-bond acceptors (Lipinski definition) is 10. The minimum absolute atomic E-state index is 0.0237. The van der Waals surface area contributed by atoms with E-state index in [1.807, 2.05) is 0 Å². The van der Waals surface area contributed by atoms with E-state index < -0.39 is 21.8 Å². The smallest absolute Gasteiger partial charge is 0.363 e. The number of hydrogen-bond donors (Lipinski definition) is 0. The zero-order chi connectivity index (χ0) is 28.6. The van der Waals surface area contributed by atoms with Gasteiger partial charge in [-0.3, -0.25) is 20.2 Å². The van der Waals surface area contributed by atoms with Crippen LogP contribution in [0, 0.1) is 20.2 Å². The number of nitro groups is 2. The predicted molar refractivity (Wildman–Crippen MR) is 144 cm³/mol. The number of nitrogens with zero attached hydrogens (tertiary/aromatic N) is 4. The fraction of sp³-hybridized carbons (Fsp3) is 0. The summed E-state index contributed by atoms with van der Waals surface area (Å²) < 4.78 is 10.3. The van der Waals surface area contributed by atoms with Crippen LogP contribution in [0.15, 0.2) is 82.0 Å². The Kier molecular flexibility index (Phi) is 6.94. The lowest BCUT2D eigenvalue weighted by Crippen LogP contribution is -2.06. The third-order valence-electron chi connectivity index (χ3n) is 5.56. The normalized spacial score (nSPS) is 16.6. The average molecular weight is 579 g/mol. The van der Waals surface area contributed by atoms with E-state index in [0.29, 0.717) is 11.1 Å². The number of benzene rings is 3. The summed E-state index contributed by atoms with van der Waals surface area (Å²) in [5, 5.41) is 22.1. The van der Waals surface area contributed by atoms with E-state index in [0.717, 1.165) is 12.1 Å². The van der Waals surface area contributed by atoms with Gasteiger partial charge in [0.1, 0.15) is 10.0 Å². The number of nitro benzene ring substituents is 2. The van der Waals surface area contributed by atoms with Crippen molar-refractivity contribution in [2.75, 3.05) is 0 Å². The molecular weight excluding hydrogens is 567 g/mol. The summed E-state index contributed by atoms with van der Waals surface area (Å²) in [5.41, 5.74) is 0.835. The van der Waals surface area contributed by atoms with Gasteiger partial charge in [0.05, 0.1) is 9.85 Å². The molecule has 0 fully saturated rings. The third-order valence-corrected chi connectivity index (χ3v) is 6.20. The van der Waals surface area contributed by atoms with Gasteiger partial charge in [-0.2, -0.15) is 0 Å². The molecule has 0 saturated heterocycles. The standard InChI is InChI=1S/C26H12Cl2N4O8/c27-17-7-5-15(11-21(17)31(35)36)23-29-19(25(33)39-23)9-13-1-2-14(4-3-13)10-20-26(34)40-24(30-20)16-6-8-18(28)22(12-16)32(37)38/h1-12H. The number of esters is 2. The van der Waals surface area contributed by atoms with Crippen LogP contribution in [0.2, 0.25) is 10.0 Å². The number of ether oxygens (including phenoxy) is 2. The Morgan fingerprint density at radius 2 is 1.02 bits per heavy atom. The zero-order valence-electron chi connectivity index (χ0n) is 19.7. The molecular formula is C26H12Cl2N4O8. The molecule has 40 heavy (non-hydrogen) atoms. The van der Waals surface area contributed by atoms with Crippen LogP contribution in [0.5, 0.6) is 0 Å². The summed E-state index contributed by atoms with van der Waals surface area (Å²) in [7, 11) is 0. The van der Waals surface area contributed by atoms with Crippen LogP contribution in [0.1, 0.15) is 22.3 Å². The molecule has 0 saturated carbocycles. The van der Waals surface area contributed by atoms with E-state index in [2.05, 4.69) is 9.98 Å².